The van der Waals surface area contributed by atoms with Crippen molar-refractivity contribution in [2.24, 2.45) is 0 Å². The van der Waals surface area contributed by atoms with Crippen LogP contribution >= 0.6 is 11.3 Å². The van der Waals surface area contributed by atoms with Crippen molar-refractivity contribution < 1.29 is 9.53 Å². The van der Waals surface area contributed by atoms with Gasteiger partial charge in [0.05, 0.1) is 11.7 Å². The summed E-state index contributed by atoms with van der Waals surface area (Å²) in [6.45, 7) is 1.34. The smallest absolute Gasteiger partial charge is 0.278 e. The summed E-state index contributed by atoms with van der Waals surface area (Å²) in [6.07, 6.45) is 6.17. The Labute approximate surface area is 154 Å². The molecule has 2 aromatic heterocycles. The SMILES string of the molecule is O=C(c1ccc(Oc2nccs2)cc1)N1CC(n2cc(C3CC3)nn2)C1. The molecule has 5 rings (SSSR count). The number of ether oxygens (including phenoxy) is 1. The van der Waals surface area contributed by atoms with E-state index in [1.54, 1.807) is 30.5 Å². The maximum absolute atomic E-state index is 12.6. The zero-order valence-electron chi connectivity index (χ0n) is 14.0. The van der Waals surface area contributed by atoms with E-state index in [1.165, 1.54) is 24.2 Å². The molecule has 8 heteroatoms. The van der Waals surface area contributed by atoms with Crippen LogP contribution in [0, 0.1) is 0 Å². The van der Waals surface area contributed by atoms with Gasteiger partial charge in [-0.3, -0.25) is 4.79 Å². The highest BCUT2D eigenvalue weighted by molar-refractivity contribution is 7.11. The Morgan fingerprint density at radius 3 is 2.69 bits per heavy atom. The molecular weight excluding hydrogens is 350 g/mol. The average molecular weight is 367 g/mol. The number of amides is 1. The van der Waals surface area contributed by atoms with Crippen LogP contribution in [-0.2, 0) is 0 Å². The molecule has 3 heterocycles. The Kier molecular flexibility index (Phi) is 3.70. The van der Waals surface area contributed by atoms with E-state index < -0.39 is 0 Å². The number of rotatable bonds is 5. The number of nitrogens with zero attached hydrogens (tertiary/aromatic N) is 5. The fourth-order valence-electron chi connectivity index (χ4n) is 3.03. The maximum atomic E-state index is 12.6. The van der Waals surface area contributed by atoms with Crippen molar-refractivity contribution in [3.63, 3.8) is 0 Å². The number of likely N-dealkylation sites (tertiary alicyclic amines) is 1. The first kappa shape index (κ1) is 15.5. The van der Waals surface area contributed by atoms with Crippen LogP contribution < -0.4 is 4.74 Å². The van der Waals surface area contributed by atoms with Crippen LogP contribution in [-0.4, -0.2) is 43.9 Å². The monoisotopic (exact) mass is 367 g/mol. The van der Waals surface area contributed by atoms with E-state index in [9.17, 15) is 4.79 Å². The largest absolute Gasteiger partial charge is 0.431 e. The highest BCUT2D eigenvalue weighted by Crippen LogP contribution is 2.39. The van der Waals surface area contributed by atoms with Crippen LogP contribution in [0.2, 0.25) is 0 Å². The van der Waals surface area contributed by atoms with E-state index in [-0.39, 0.29) is 11.9 Å². The van der Waals surface area contributed by atoms with Crippen molar-refractivity contribution in [3.05, 3.63) is 53.3 Å². The van der Waals surface area contributed by atoms with Gasteiger partial charge in [0.15, 0.2) is 0 Å². The first-order valence-electron chi connectivity index (χ1n) is 8.65. The Hall–Kier alpha value is -2.74. The molecule has 0 atom stereocenters. The number of carbonyl (C=O) groups excluding carboxylic acids is 1. The Morgan fingerprint density at radius 2 is 2.00 bits per heavy atom. The molecule has 7 nitrogen and oxygen atoms in total. The summed E-state index contributed by atoms with van der Waals surface area (Å²) < 4.78 is 7.52. The van der Waals surface area contributed by atoms with Gasteiger partial charge in [-0.25, -0.2) is 9.67 Å². The minimum atomic E-state index is 0.0320. The highest BCUT2D eigenvalue weighted by atomic mass is 32.1. The summed E-state index contributed by atoms with van der Waals surface area (Å²) >= 11 is 1.43. The Balaban J connectivity index is 1.19. The fraction of sp³-hybridized carbons (Fsp3) is 0.333. The van der Waals surface area contributed by atoms with Crippen molar-refractivity contribution in [1.29, 1.82) is 0 Å². The summed E-state index contributed by atoms with van der Waals surface area (Å²) in [6, 6.07) is 7.40. The van der Waals surface area contributed by atoms with Crippen LogP contribution in [0.3, 0.4) is 0 Å². The van der Waals surface area contributed by atoms with E-state index >= 15 is 0 Å². The average Bonchev–Trinajstić information content (AvgIpc) is 3.13. The van der Waals surface area contributed by atoms with Gasteiger partial charge in [0, 0.05) is 42.3 Å². The third-order valence-corrected chi connectivity index (χ3v) is 5.41. The van der Waals surface area contributed by atoms with Crippen molar-refractivity contribution >= 4 is 17.2 Å². The summed E-state index contributed by atoms with van der Waals surface area (Å²) in [5.74, 6) is 1.31. The molecule has 1 aliphatic carbocycles. The summed E-state index contributed by atoms with van der Waals surface area (Å²) in [5.41, 5.74) is 1.75. The number of thiazole rings is 1. The molecule has 0 N–H and O–H groups in total. The maximum Gasteiger partial charge on any atom is 0.278 e. The fourth-order valence-corrected chi connectivity index (χ4v) is 3.54. The van der Waals surface area contributed by atoms with E-state index in [4.69, 9.17) is 4.74 Å². The molecule has 132 valence electrons. The first-order chi connectivity index (χ1) is 12.8. The second-order valence-electron chi connectivity index (χ2n) is 6.69. The van der Waals surface area contributed by atoms with Gasteiger partial charge in [-0.15, -0.1) is 5.10 Å². The molecule has 1 aliphatic heterocycles. The number of hydrogen-bond donors (Lipinski definition) is 0. The minimum Gasteiger partial charge on any atom is -0.431 e. The summed E-state index contributed by atoms with van der Waals surface area (Å²) in [7, 11) is 0. The van der Waals surface area contributed by atoms with E-state index in [2.05, 4.69) is 15.3 Å². The molecule has 3 aromatic rings. The van der Waals surface area contributed by atoms with Crippen LogP contribution in [0.5, 0.6) is 10.9 Å². The molecule has 0 radical (unpaired) electrons. The van der Waals surface area contributed by atoms with Gasteiger partial charge < -0.3 is 9.64 Å². The summed E-state index contributed by atoms with van der Waals surface area (Å²) in [5, 5.41) is 10.9. The van der Waals surface area contributed by atoms with Gasteiger partial charge in [0.25, 0.3) is 11.1 Å². The van der Waals surface area contributed by atoms with Crippen LogP contribution in [0.15, 0.2) is 42.0 Å². The molecule has 0 unspecified atom stereocenters. The molecule has 1 saturated heterocycles. The van der Waals surface area contributed by atoms with Gasteiger partial charge in [-0.1, -0.05) is 16.6 Å². The molecule has 1 aromatic carbocycles. The predicted octanol–water partition coefficient (Wildman–Crippen LogP) is 3.10. The van der Waals surface area contributed by atoms with E-state index in [0.717, 1.165) is 5.69 Å². The van der Waals surface area contributed by atoms with Crippen LogP contribution in [0.25, 0.3) is 0 Å². The van der Waals surface area contributed by atoms with Crippen LogP contribution in [0.1, 0.15) is 40.9 Å². The Bertz CT molecular complexity index is 911. The van der Waals surface area contributed by atoms with Crippen LogP contribution in [0.4, 0.5) is 0 Å². The number of carbonyl (C=O) groups is 1. The van der Waals surface area contributed by atoms with Crippen molar-refractivity contribution in [2.45, 2.75) is 24.8 Å². The topological polar surface area (TPSA) is 73.1 Å². The lowest BCUT2D eigenvalue weighted by molar-refractivity contribution is 0.0498. The molecule has 26 heavy (non-hydrogen) atoms. The molecule has 1 saturated carbocycles. The van der Waals surface area contributed by atoms with E-state index in [1.807, 2.05) is 21.2 Å². The lowest BCUT2D eigenvalue weighted by Crippen LogP contribution is -2.50. The quantitative estimate of drug-likeness (QED) is 0.693. The Morgan fingerprint density at radius 1 is 1.19 bits per heavy atom. The highest BCUT2D eigenvalue weighted by Gasteiger charge is 2.34. The third-order valence-electron chi connectivity index (χ3n) is 4.76. The molecule has 1 amide bonds. The van der Waals surface area contributed by atoms with Gasteiger partial charge in [-0.05, 0) is 37.1 Å². The normalized spacial score (nSPS) is 17.2. The van der Waals surface area contributed by atoms with E-state index in [0.29, 0.717) is 35.5 Å². The molecular formula is C18H17N5O2S. The van der Waals surface area contributed by atoms with Gasteiger partial charge in [0.1, 0.15) is 5.75 Å². The lowest BCUT2D eigenvalue weighted by Gasteiger charge is -2.38. The number of aromatic nitrogens is 4. The first-order valence-corrected chi connectivity index (χ1v) is 9.52. The third kappa shape index (κ3) is 2.96. The van der Waals surface area contributed by atoms with Gasteiger partial charge in [0.2, 0.25) is 0 Å². The van der Waals surface area contributed by atoms with Gasteiger partial charge >= 0.3 is 0 Å². The standard InChI is InChI=1S/C18H17N5O2S/c24-17(13-3-5-15(6-4-13)25-18-19-7-8-26-18)22-9-14(10-22)23-11-16(20-21-23)12-1-2-12/h3-8,11-12,14H,1-2,9-10H2. The summed E-state index contributed by atoms with van der Waals surface area (Å²) in [4.78, 5) is 18.5. The molecule has 0 bridgehead atoms. The zero-order chi connectivity index (χ0) is 17.5. The van der Waals surface area contributed by atoms with Gasteiger partial charge in [-0.2, -0.15) is 0 Å². The number of hydrogen-bond acceptors (Lipinski definition) is 6. The molecule has 0 spiro atoms. The zero-order valence-corrected chi connectivity index (χ0v) is 14.8. The van der Waals surface area contributed by atoms with Crippen molar-refractivity contribution in [3.8, 4) is 10.9 Å². The second kappa shape index (κ2) is 6.21. The van der Waals surface area contributed by atoms with Crippen molar-refractivity contribution in [2.75, 3.05) is 13.1 Å². The molecule has 2 fully saturated rings. The van der Waals surface area contributed by atoms with Crippen molar-refractivity contribution in [1.82, 2.24) is 24.9 Å². The number of benzene rings is 1. The molecule has 2 aliphatic rings. The lowest BCUT2D eigenvalue weighted by atomic mass is 10.1. The predicted molar refractivity (Wildman–Crippen MR) is 95.6 cm³/mol. The minimum absolute atomic E-state index is 0.0320. The second-order valence-corrected chi connectivity index (χ2v) is 7.54.